The molecule has 2 nitrogen and oxygen atoms in total. The Morgan fingerprint density at radius 3 is 2.24 bits per heavy atom. The van der Waals surface area contributed by atoms with Crippen LogP contribution in [0, 0.1) is 0 Å². The molecule has 0 saturated carbocycles. The molecule has 1 aromatic heterocycles. The minimum absolute atomic E-state index is 0.124. The van der Waals surface area contributed by atoms with Crippen LogP contribution in [0.1, 0.15) is 29.3 Å². The molecule has 0 unspecified atom stereocenters. The SMILES string of the molecule is CCCn1cc(C(=O)c2ccc(Cl)cc2Cl)c(-c2ccc(Cl)cc2)c1. The number of carbonyl (C=O) groups excluding carboxylic acids is 1. The third-order valence-electron chi connectivity index (χ3n) is 3.94. The van der Waals surface area contributed by atoms with Crippen LogP contribution in [-0.2, 0) is 6.54 Å². The molecular formula is C20H16Cl3NO. The molecule has 0 amide bonds. The highest BCUT2D eigenvalue weighted by Crippen LogP contribution is 2.31. The van der Waals surface area contributed by atoms with Crippen LogP contribution in [0.3, 0.4) is 0 Å². The minimum atomic E-state index is -0.124. The fourth-order valence-corrected chi connectivity index (χ4v) is 3.37. The molecule has 0 aliphatic rings. The minimum Gasteiger partial charge on any atom is -0.353 e. The fourth-order valence-electron chi connectivity index (χ4n) is 2.75. The van der Waals surface area contributed by atoms with Crippen molar-refractivity contribution in [1.82, 2.24) is 4.57 Å². The van der Waals surface area contributed by atoms with Gasteiger partial charge in [-0.25, -0.2) is 0 Å². The molecule has 0 atom stereocenters. The first-order valence-corrected chi connectivity index (χ1v) is 9.08. The van der Waals surface area contributed by atoms with Gasteiger partial charge in [-0.3, -0.25) is 4.79 Å². The molecule has 0 spiro atoms. The van der Waals surface area contributed by atoms with Gasteiger partial charge in [0.05, 0.1) is 5.02 Å². The van der Waals surface area contributed by atoms with Gasteiger partial charge < -0.3 is 4.57 Å². The van der Waals surface area contributed by atoms with Gasteiger partial charge in [0.15, 0.2) is 5.78 Å². The molecule has 25 heavy (non-hydrogen) atoms. The van der Waals surface area contributed by atoms with Crippen LogP contribution >= 0.6 is 34.8 Å². The van der Waals surface area contributed by atoms with E-state index in [0.717, 1.165) is 24.1 Å². The lowest BCUT2D eigenvalue weighted by atomic mass is 9.98. The first-order valence-electron chi connectivity index (χ1n) is 7.95. The zero-order valence-electron chi connectivity index (χ0n) is 13.6. The Morgan fingerprint density at radius 1 is 0.920 bits per heavy atom. The second-order valence-electron chi connectivity index (χ2n) is 5.78. The summed E-state index contributed by atoms with van der Waals surface area (Å²) in [7, 11) is 0. The lowest BCUT2D eigenvalue weighted by Crippen LogP contribution is -2.03. The normalized spacial score (nSPS) is 10.9. The third-order valence-corrected chi connectivity index (χ3v) is 4.74. The van der Waals surface area contributed by atoms with E-state index in [-0.39, 0.29) is 5.78 Å². The van der Waals surface area contributed by atoms with Gasteiger partial charge in [-0.05, 0) is 42.3 Å². The van der Waals surface area contributed by atoms with E-state index in [1.807, 2.05) is 41.2 Å². The van der Waals surface area contributed by atoms with Crippen molar-refractivity contribution in [3.63, 3.8) is 0 Å². The lowest BCUT2D eigenvalue weighted by molar-refractivity contribution is 0.103. The van der Waals surface area contributed by atoms with E-state index < -0.39 is 0 Å². The fraction of sp³-hybridized carbons (Fsp3) is 0.150. The van der Waals surface area contributed by atoms with E-state index in [4.69, 9.17) is 34.8 Å². The Labute approximate surface area is 161 Å². The van der Waals surface area contributed by atoms with Gasteiger partial charge in [0.1, 0.15) is 0 Å². The van der Waals surface area contributed by atoms with Crippen LogP contribution in [0.25, 0.3) is 11.1 Å². The number of benzene rings is 2. The van der Waals surface area contributed by atoms with E-state index in [1.165, 1.54) is 0 Å². The van der Waals surface area contributed by atoms with Gasteiger partial charge in [0.25, 0.3) is 0 Å². The number of hydrogen-bond acceptors (Lipinski definition) is 1. The van der Waals surface area contributed by atoms with Gasteiger partial charge in [0.2, 0.25) is 0 Å². The topological polar surface area (TPSA) is 22.0 Å². The number of aryl methyl sites for hydroxylation is 1. The van der Waals surface area contributed by atoms with Gasteiger partial charge in [0, 0.05) is 45.7 Å². The Kier molecular flexibility index (Phi) is 5.53. The molecule has 0 N–H and O–H groups in total. The third kappa shape index (κ3) is 3.92. The van der Waals surface area contributed by atoms with Crippen molar-refractivity contribution < 1.29 is 4.79 Å². The highest BCUT2D eigenvalue weighted by atomic mass is 35.5. The summed E-state index contributed by atoms with van der Waals surface area (Å²) in [5.41, 5.74) is 2.85. The molecule has 0 saturated heterocycles. The largest absolute Gasteiger partial charge is 0.353 e. The Hall–Kier alpha value is -1.74. The number of aromatic nitrogens is 1. The summed E-state index contributed by atoms with van der Waals surface area (Å²) in [6.45, 7) is 2.93. The molecule has 2 aromatic carbocycles. The summed E-state index contributed by atoms with van der Waals surface area (Å²) < 4.78 is 2.03. The summed E-state index contributed by atoms with van der Waals surface area (Å²) >= 11 is 18.2. The Balaban J connectivity index is 2.10. The molecule has 1 heterocycles. The molecule has 128 valence electrons. The van der Waals surface area contributed by atoms with Crippen molar-refractivity contribution in [1.29, 1.82) is 0 Å². The smallest absolute Gasteiger partial charge is 0.196 e. The maximum atomic E-state index is 13.1. The number of ketones is 1. The van der Waals surface area contributed by atoms with Gasteiger partial charge in [-0.15, -0.1) is 0 Å². The summed E-state index contributed by atoms with van der Waals surface area (Å²) in [5.74, 6) is -0.124. The number of halogens is 3. The van der Waals surface area contributed by atoms with Crippen LogP contribution in [0.15, 0.2) is 54.9 Å². The number of rotatable bonds is 5. The van der Waals surface area contributed by atoms with Crippen molar-refractivity contribution in [2.75, 3.05) is 0 Å². The summed E-state index contributed by atoms with van der Waals surface area (Å²) in [5, 5.41) is 1.51. The standard InChI is InChI=1S/C20H16Cl3NO/c1-2-9-24-11-17(13-3-5-14(21)6-4-13)18(12-24)20(25)16-8-7-15(22)10-19(16)23/h3-8,10-12H,2,9H2,1H3. The first kappa shape index (κ1) is 18.1. The second kappa shape index (κ2) is 7.65. The predicted octanol–water partition coefficient (Wildman–Crippen LogP) is 6.76. The number of nitrogens with zero attached hydrogens (tertiary/aromatic N) is 1. The van der Waals surface area contributed by atoms with Crippen molar-refractivity contribution >= 4 is 40.6 Å². The van der Waals surface area contributed by atoms with Gasteiger partial charge in [-0.2, -0.15) is 0 Å². The van der Waals surface area contributed by atoms with Gasteiger partial charge >= 0.3 is 0 Å². The summed E-state index contributed by atoms with van der Waals surface area (Å²) in [6.07, 6.45) is 4.84. The number of carbonyl (C=O) groups is 1. The molecule has 0 bridgehead atoms. The van der Waals surface area contributed by atoms with Crippen LogP contribution in [0.2, 0.25) is 15.1 Å². The monoisotopic (exact) mass is 391 g/mol. The summed E-state index contributed by atoms with van der Waals surface area (Å²) in [4.78, 5) is 13.1. The lowest BCUT2D eigenvalue weighted by Gasteiger charge is -2.06. The zero-order chi connectivity index (χ0) is 18.0. The Morgan fingerprint density at radius 2 is 1.60 bits per heavy atom. The van der Waals surface area contributed by atoms with E-state index in [9.17, 15) is 4.79 Å². The maximum Gasteiger partial charge on any atom is 0.196 e. The van der Waals surface area contributed by atoms with Crippen LogP contribution < -0.4 is 0 Å². The highest BCUT2D eigenvalue weighted by molar-refractivity contribution is 6.37. The Bertz CT molecular complexity index is 913. The van der Waals surface area contributed by atoms with Crippen LogP contribution in [-0.4, -0.2) is 10.4 Å². The molecule has 3 aromatic rings. The van der Waals surface area contributed by atoms with Crippen molar-refractivity contribution in [2.24, 2.45) is 0 Å². The molecule has 5 heteroatoms. The molecule has 0 fully saturated rings. The molecule has 0 radical (unpaired) electrons. The van der Waals surface area contributed by atoms with E-state index in [0.29, 0.717) is 26.2 Å². The summed E-state index contributed by atoms with van der Waals surface area (Å²) in [6, 6.07) is 12.4. The van der Waals surface area contributed by atoms with Crippen LogP contribution in [0.5, 0.6) is 0 Å². The number of hydrogen-bond donors (Lipinski definition) is 0. The molecule has 0 aliphatic heterocycles. The zero-order valence-corrected chi connectivity index (χ0v) is 15.9. The highest BCUT2D eigenvalue weighted by Gasteiger charge is 2.20. The van der Waals surface area contributed by atoms with E-state index in [1.54, 1.807) is 18.2 Å². The van der Waals surface area contributed by atoms with Crippen molar-refractivity contribution in [3.8, 4) is 11.1 Å². The molecular weight excluding hydrogens is 377 g/mol. The average molecular weight is 393 g/mol. The molecule has 0 aliphatic carbocycles. The average Bonchev–Trinajstić information content (AvgIpc) is 2.99. The van der Waals surface area contributed by atoms with E-state index in [2.05, 4.69) is 6.92 Å². The van der Waals surface area contributed by atoms with Crippen molar-refractivity contribution in [2.45, 2.75) is 19.9 Å². The van der Waals surface area contributed by atoms with E-state index >= 15 is 0 Å². The first-order chi connectivity index (χ1) is 12.0. The van der Waals surface area contributed by atoms with Crippen molar-refractivity contribution in [3.05, 3.63) is 81.1 Å². The molecule has 3 rings (SSSR count). The quantitative estimate of drug-likeness (QED) is 0.440. The maximum absolute atomic E-state index is 13.1. The second-order valence-corrected chi connectivity index (χ2v) is 7.06. The van der Waals surface area contributed by atoms with Gasteiger partial charge in [-0.1, -0.05) is 53.9 Å². The predicted molar refractivity (Wildman–Crippen MR) is 105 cm³/mol. The van der Waals surface area contributed by atoms with Crippen LogP contribution in [0.4, 0.5) is 0 Å².